The molecule has 0 aliphatic carbocycles. The molecule has 0 bridgehead atoms. The van der Waals surface area contributed by atoms with Gasteiger partial charge in [-0.25, -0.2) is 23.7 Å². The number of carbonyl (C=O) groups is 1. The number of guanidine groups is 1. The first-order valence-electron chi connectivity index (χ1n) is 8.89. The third-order valence-electron chi connectivity index (χ3n) is 4.93. The summed E-state index contributed by atoms with van der Waals surface area (Å²) in [6, 6.07) is 7.18. The van der Waals surface area contributed by atoms with Crippen molar-refractivity contribution >= 4 is 23.5 Å². The summed E-state index contributed by atoms with van der Waals surface area (Å²) >= 11 is 6.31. The molecule has 4 rings (SSSR count). The lowest BCUT2D eigenvalue weighted by molar-refractivity contribution is -0.129. The Kier molecular flexibility index (Phi) is 5.10. The number of nitrogens with zero attached hydrogens (tertiary/aromatic N) is 5. The molecule has 3 heterocycles. The smallest absolute Gasteiger partial charge is 0.308 e. The van der Waals surface area contributed by atoms with E-state index in [0.29, 0.717) is 11.1 Å². The molecule has 0 spiro atoms. The largest absolute Gasteiger partial charge is 0.369 e. The Bertz CT molecular complexity index is 1200. The first-order valence-corrected chi connectivity index (χ1v) is 9.27. The highest BCUT2D eigenvalue weighted by molar-refractivity contribution is 6.31. The Labute approximate surface area is 179 Å². The number of benzene rings is 1. The maximum atomic E-state index is 13.3. The van der Waals surface area contributed by atoms with Crippen molar-refractivity contribution in [3.05, 3.63) is 76.8 Å². The van der Waals surface area contributed by atoms with Crippen molar-refractivity contribution < 1.29 is 18.0 Å². The second kappa shape index (κ2) is 7.62. The molecule has 1 aliphatic heterocycles. The predicted octanol–water partition coefficient (Wildman–Crippen LogP) is 3.30. The molecule has 0 saturated carbocycles. The summed E-state index contributed by atoms with van der Waals surface area (Å²) in [5, 5.41) is 0.232. The Hall–Kier alpha value is -3.53. The van der Waals surface area contributed by atoms with Crippen LogP contribution in [0.25, 0.3) is 11.1 Å². The zero-order valence-electron chi connectivity index (χ0n) is 15.9. The van der Waals surface area contributed by atoms with Gasteiger partial charge in [-0.3, -0.25) is 14.7 Å². The minimum Gasteiger partial charge on any atom is -0.369 e. The minimum absolute atomic E-state index is 0.0907. The quantitative estimate of drug-likeness (QED) is 0.620. The molecule has 0 saturated heterocycles. The Morgan fingerprint density at radius 2 is 1.77 bits per heavy atom. The highest BCUT2D eigenvalue weighted by Crippen LogP contribution is 2.42. The summed E-state index contributed by atoms with van der Waals surface area (Å²) in [7, 11) is 1.43. The van der Waals surface area contributed by atoms with E-state index in [4.69, 9.17) is 17.3 Å². The van der Waals surface area contributed by atoms with E-state index in [0.717, 1.165) is 11.0 Å². The zero-order chi connectivity index (χ0) is 22.3. The standard InChI is InChI=1S/C20H14ClF3N6O/c1-30-17(31)20(29-19(30)25,12-2-3-26-15(7-12)16(22)23)13-4-10(5-14(21)6-13)11-8-27-18(24)28-9-11/h2-9,16H,1H3,(H2,25,29). The van der Waals surface area contributed by atoms with Crippen LogP contribution in [0.15, 0.2) is 53.9 Å². The molecule has 0 fully saturated rings. The molecule has 1 aromatic carbocycles. The van der Waals surface area contributed by atoms with E-state index in [-0.39, 0.29) is 22.1 Å². The summed E-state index contributed by atoms with van der Waals surface area (Å²) in [4.78, 5) is 29.5. The fraction of sp³-hybridized carbons (Fsp3) is 0.150. The first kappa shape index (κ1) is 20.7. The van der Waals surface area contributed by atoms with Gasteiger partial charge in [-0.1, -0.05) is 11.6 Å². The highest BCUT2D eigenvalue weighted by Gasteiger charge is 2.50. The van der Waals surface area contributed by atoms with Crippen molar-refractivity contribution in [1.82, 2.24) is 19.9 Å². The SMILES string of the molecule is CN1C(=O)C(c2cc(Cl)cc(-c3cnc(F)nc3)c2)(c2ccnc(C(F)F)c2)N=C1N. The van der Waals surface area contributed by atoms with Crippen LogP contribution in [-0.2, 0) is 10.3 Å². The van der Waals surface area contributed by atoms with Gasteiger partial charge in [0, 0.05) is 36.2 Å². The number of hydrogen-bond acceptors (Lipinski definition) is 6. The van der Waals surface area contributed by atoms with E-state index in [1.165, 1.54) is 37.8 Å². The third-order valence-corrected chi connectivity index (χ3v) is 5.15. The minimum atomic E-state index is -2.85. The fourth-order valence-corrected chi connectivity index (χ4v) is 3.64. The number of aliphatic imine (C=N–C) groups is 1. The number of hydrogen-bond donors (Lipinski definition) is 1. The Balaban J connectivity index is 1.97. The van der Waals surface area contributed by atoms with E-state index in [1.807, 2.05) is 0 Å². The zero-order valence-corrected chi connectivity index (χ0v) is 16.7. The maximum absolute atomic E-state index is 13.3. The molecule has 11 heteroatoms. The Morgan fingerprint density at radius 1 is 1.06 bits per heavy atom. The Morgan fingerprint density at radius 3 is 2.39 bits per heavy atom. The molecule has 158 valence electrons. The van der Waals surface area contributed by atoms with Gasteiger partial charge in [0.2, 0.25) is 0 Å². The molecular weight excluding hydrogens is 433 g/mol. The average Bonchev–Trinajstić information content (AvgIpc) is 2.99. The van der Waals surface area contributed by atoms with Crippen molar-refractivity contribution in [3.63, 3.8) is 0 Å². The van der Waals surface area contributed by atoms with Crippen molar-refractivity contribution in [2.75, 3.05) is 7.05 Å². The van der Waals surface area contributed by atoms with Crippen LogP contribution in [0.3, 0.4) is 0 Å². The lowest BCUT2D eigenvalue weighted by Crippen LogP contribution is -2.41. The van der Waals surface area contributed by atoms with Gasteiger partial charge in [-0.05, 0) is 47.0 Å². The summed E-state index contributed by atoms with van der Waals surface area (Å²) in [6.45, 7) is 0. The molecular formula is C20H14ClF3N6O. The van der Waals surface area contributed by atoms with E-state index >= 15 is 0 Å². The number of nitrogens with two attached hydrogens (primary N) is 1. The molecule has 1 atom stereocenters. The molecule has 1 amide bonds. The molecule has 1 aliphatic rings. The summed E-state index contributed by atoms with van der Waals surface area (Å²) in [5.41, 5.74) is 4.98. The molecule has 1 unspecified atom stereocenters. The molecule has 7 nitrogen and oxygen atoms in total. The first-order chi connectivity index (χ1) is 14.7. The summed E-state index contributed by atoms with van der Waals surface area (Å²) in [5.74, 6) is -0.646. The van der Waals surface area contributed by atoms with Gasteiger partial charge in [-0.15, -0.1) is 0 Å². The lowest BCUT2D eigenvalue weighted by Gasteiger charge is -2.27. The third kappa shape index (κ3) is 3.48. The number of alkyl halides is 2. The summed E-state index contributed by atoms with van der Waals surface area (Å²) < 4.78 is 39.8. The average molecular weight is 447 g/mol. The monoisotopic (exact) mass is 446 g/mol. The predicted molar refractivity (Wildman–Crippen MR) is 107 cm³/mol. The number of amides is 1. The van der Waals surface area contributed by atoms with Crippen molar-refractivity contribution in [2.24, 2.45) is 10.7 Å². The van der Waals surface area contributed by atoms with Gasteiger partial charge in [0.1, 0.15) is 5.69 Å². The molecule has 31 heavy (non-hydrogen) atoms. The molecule has 2 N–H and O–H groups in total. The van der Waals surface area contributed by atoms with Crippen LogP contribution >= 0.6 is 11.6 Å². The van der Waals surface area contributed by atoms with Crippen molar-refractivity contribution in [1.29, 1.82) is 0 Å². The fourth-order valence-electron chi connectivity index (χ4n) is 3.40. The molecule has 3 aromatic rings. The van der Waals surface area contributed by atoms with Gasteiger partial charge in [0.15, 0.2) is 11.5 Å². The highest BCUT2D eigenvalue weighted by atomic mass is 35.5. The topological polar surface area (TPSA) is 97.4 Å². The van der Waals surface area contributed by atoms with Crippen LogP contribution in [0.4, 0.5) is 13.2 Å². The van der Waals surface area contributed by atoms with Crippen LogP contribution in [-0.4, -0.2) is 38.8 Å². The second-order valence-electron chi connectivity index (χ2n) is 6.78. The van der Waals surface area contributed by atoms with Gasteiger partial charge >= 0.3 is 6.08 Å². The molecule has 0 radical (unpaired) electrons. The lowest BCUT2D eigenvalue weighted by atomic mass is 9.82. The van der Waals surface area contributed by atoms with Crippen molar-refractivity contribution in [2.45, 2.75) is 12.0 Å². The van der Waals surface area contributed by atoms with Gasteiger partial charge in [-0.2, -0.15) is 4.39 Å². The second-order valence-corrected chi connectivity index (χ2v) is 7.22. The van der Waals surface area contributed by atoms with Crippen molar-refractivity contribution in [3.8, 4) is 11.1 Å². The van der Waals surface area contributed by atoms with Gasteiger partial charge in [0.25, 0.3) is 12.3 Å². The van der Waals surface area contributed by atoms with Crippen LogP contribution in [0.5, 0.6) is 0 Å². The summed E-state index contributed by atoms with van der Waals surface area (Å²) in [6.07, 6.45) is -0.0599. The number of rotatable bonds is 4. The number of halogens is 4. The van der Waals surface area contributed by atoms with E-state index in [9.17, 15) is 18.0 Å². The number of likely N-dealkylation sites (N-methyl/N-ethyl adjacent to an activating group) is 1. The van der Waals surface area contributed by atoms with Crippen LogP contribution in [0, 0.1) is 6.08 Å². The normalized spacial score (nSPS) is 18.6. The van der Waals surface area contributed by atoms with Crippen LogP contribution in [0.2, 0.25) is 5.02 Å². The number of carbonyl (C=O) groups excluding carboxylic acids is 1. The van der Waals surface area contributed by atoms with Gasteiger partial charge < -0.3 is 5.73 Å². The number of pyridine rings is 1. The van der Waals surface area contributed by atoms with E-state index in [2.05, 4.69) is 19.9 Å². The maximum Gasteiger partial charge on any atom is 0.308 e. The van der Waals surface area contributed by atoms with Crippen LogP contribution < -0.4 is 5.73 Å². The van der Waals surface area contributed by atoms with E-state index < -0.39 is 29.6 Å². The van der Waals surface area contributed by atoms with E-state index in [1.54, 1.807) is 12.1 Å². The number of aromatic nitrogens is 3. The van der Waals surface area contributed by atoms with Crippen LogP contribution in [0.1, 0.15) is 23.2 Å². The van der Waals surface area contributed by atoms with Gasteiger partial charge in [0.05, 0.1) is 0 Å². The molecule has 2 aromatic heterocycles.